The van der Waals surface area contributed by atoms with Crippen molar-refractivity contribution in [3.63, 3.8) is 0 Å². The summed E-state index contributed by atoms with van der Waals surface area (Å²) in [4.78, 5) is 27.9. The van der Waals surface area contributed by atoms with Crippen molar-refractivity contribution >= 4 is 17.6 Å². The number of nitrogens with zero attached hydrogens (tertiary/aromatic N) is 2. The summed E-state index contributed by atoms with van der Waals surface area (Å²) in [5, 5.41) is 0. The van der Waals surface area contributed by atoms with Crippen LogP contribution in [-0.4, -0.2) is 61.2 Å². The number of likely N-dealkylation sites (tertiary alicyclic amines) is 1. The Morgan fingerprint density at radius 3 is 2.46 bits per heavy atom. The normalized spacial score (nSPS) is 26.2. The summed E-state index contributed by atoms with van der Waals surface area (Å²) in [6.45, 7) is 2.85. The molecule has 2 atom stereocenters. The zero-order valence-electron chi connectivity index (χ0n) is 19.5. The number of carbonyl (C=O) groups excluding carboxylic acids is 2. The zero-order chi connectivity index (χ0) is 25.2. The van der Waals surface area contributed by atoms with Crippen LogP contribution < -0.4 is 4.90 Å². The lowest BCUT2D eigenvalue weighted by molar-refractivity contribution is -0.205. The molecule has 1 aromatic carbocycles. The number of piperidine rings is 1. The van der Waals surface area contributed by atoms with Crippen LogP contribution in [0.25, 0.3) is 0 Å². The van der Waals surface area contributed by atoms with Gasteiger partial charge in [-0.3, -0.25) is 4.79 Å². The Balaban J connectivity index is 1.35. The summed E-state index contributed by atoms with van der Waals surface area (Å²) >= 11 is 0. The van der Waals surface area contributed by atoms with Crippen LogP contribution in [0.15, 0.2) is 24.3 Å². The van der Waals surface area contributed by atoms with E-state index in [0.717, 1.165) is 31.6 Å². The van der Waals surface area contributed by atoms with Gasteiger partial charge in [0.05, 0.1) is 0 Å². The second kappa shape index (κ2) is 10.4. The molecule has 10 heteroatoms. The second-order valence-electron chi connectivity index (χ2n) is 9.95. The molecule has 2 heterocycles. The SMILES string of the molecule is O=C1C(OC(=O)C(F)(F)F)CCCN1c1ccccc1CCN1CCC(C2CCC(F)(F)CC2)C1. The maximum Gasteiger partial charge on any atom is 0.490 e. The number of para-hydroxylation sites is 1. The van der Waals surface area contributed by atoms with Gasteiger partial charge in [-0.2, -0.15) is 13.2 Å². The molecular weight excluding hydrogens is 471 g/mol. The van der Waals surface area contributed by atoms with Crippen LogP contribution in [0, 0.1) is 11.8 Å². The van der Waals surface area contributed by atoms with Crippen molar-refractivity contribution in [2.45, 2.75) is 69.6 Å². The molecule has 1 amide bonds. The molecule has 3 fully saturated rings. The molecule has 2 saturated heterocycles. The third kappa shape index (κ3) is 6.32. The molecule has 194 valence electrons. The van der Waals surface area contributed by atoms with E-state index < -0.39 is 30.1 Å². The molecule has 0 aromatic heterocycles. The van der Waals surface area contributed by atoms with E-state index in [1.54, 1.807) is 12.1 Å². The number of amides is 1. The van der Waals surface area contributed by atoms with Crippen molar-refractivity contribution < 1.29 is 36.3 Å². The molecule has 0 spiro atoms. The smallest absolute Gasteiger partial charge is 0.446 e. The number of hydrogen-bond donors (Lipinski definition) is 0. The van der Waals surface area contributed by atoms with Crippen molar-refractivity contribution in [2.24, 2.45) is 11.8 Å². The maximum atomic E-state index is 13.5. The Labute approximate surface area is 201 Å². The van der Waals surface area contributed by atoms with Gasteiger partial charge in [0.15, 0.2) is 6.10 Å². The number of rotatable bonds is 6. The number of benzene rings is 1. The third-order valence-corrected chi connectivity index (χ3v) is 7.59. The van der Waals surface area contributed by atoms with Crippen molar-refractivity contribution in [1.29, 1.82) is 0 Å². The number of anilines is 1. The average Bonchev–Trinajstić information content (AvgIpc) is 3.27. The summed E-state index contributed by atoms with van der Waals surface area (Å²) < 4.78 is 69.3. The molecule has 3 aliphatic rings. The minimum absolute atomic E-state index is 0.0231. The van der Waals surface area contributed by atoms with Gasteiger partial charge in [-0.1, -0.05) is 18.2 Å². The Morgan fingerprint density at radius 1 is 1.03 bits per heavy atom. The minimum atomic E-state index is -5.15. The lowest BCUT2D eigenvalue weighted by Crippen LogP contribution is -2.48. The molecule has 4 rings (SSSR count). The molecule has 5 nitrogen and oxygen atoms in total. The summed E-state index contributed by atoms with van der Waals surface area (Å²) in [7, 11) is 0. The first-order chi connectivity index (χ1) is 16.5. The van der Waals surface area contributed by atoms with Crippen LogP contribution in [0.2, 0.25) is 0 Å². The highest BCUT2D eigenvalue weighted by Gasteiger charge is 2.45. The van der Waals surface area contributed by atoms with Gasteiger partial charge in [-0.05, 0) is 68.5 Å². The van der Waals surface area contributed by atoms with Gasteiger partial charge in [-0.15, -0.1) is 0 Å². The molecule has 1 aliphatic carbocycles. The fraction of sp³-hybridized carbons (Fsp3) is 0.680. The predicted molar refractivity (Wildman–Crippen MR) is 119 cm³/mol. The van der Waals surface area contributed by atoms with E-state index >= 15 is 0 Å². The summed E-state index contributed by atoms with van der Waals surface area (Å²) in [5.41, 5.74) is 1.51. The first kappa shape index (κ1) is 25.9. The first-order valence-corrected chi connectivity index (χ1v) is 12.3. The molecule has 0 N–H and O–H groups in total. The van der Waals surface area contributed by atoms with Crippen molar-refractivity contribution in [3.05, 3.63) is 29.8 Å². The van der Waals surface area contributed by atoms with E-state index in [-0.39, 0.29) is 19.3 Å². The highest BCUT2D eigenvalue weighted by atomic mass is 19.4. The van der Waals surface area contributed by atoms with Crippen LogP contribution >= 0.6 is 0 Å². The van der Waals surface area contributed by atoms with Crippen LogP contribution in [0.1, 0.15) is 50.5 Å². The van der Waals surface area contributed by atoms with Gasteiger partial charge in [-0.25, -0.2) is 13.6 Å². The van der Waals surface area contributed by atoms with E-state index in [1.807, 2.05) is 12.1 Å². The number of esters is 1. The summed E-state index contributed by atoms with van der Waals surface area (Å²) in [6, 6.07) is 7.27. The topological polar surface area (TPSA) is 49.9 Å². The quantitative estimate of drug-likeness (QED) is 0.407. The second-order valence-corrected chi connectivity index (χ2v) is 9.95. The highest BCUT2D eigenvalue weighted by molar-refractivity contribution is 5.99. The Bertz CT molecular complexity index is 913. The third-order valence-electron chi connectivity index (χ3n) is 7.59. The number of hydrogen-bond acceptors (Lipinski definition) is 4. The molecule has 2 aliphatic heterocycles. The van der Waals surface area contributed by atoms with E-state index in [9.17, 15) is 31.5 Å². The van der Waals surface area contributed by atoms with Gasteiger partial charge in [0.25, 0.3) is 5.91 Å². The van der Waals surface area contributed by atoms with Crippen LogP contribution in [-0.2, 0) is 20.7 Å². The van der Waals surface area contributed by atoms with Gasteiger partial charge < -0.3 is 14.5 Å². The lowest BCUT2D eigenvalue weighted by atomic mass is 9.78. The monoisotopic (exact) mass is 502 g/mol. The Hall–Kier alpha value is -2.23. The highest BCUT2D eigenvalue weighted by Crippen LogP contribution is 2.41. The fourth-order valence-electron chi connectivity index (χ4n) is 5.64. The van der Waals surface area contributed by atoms with Crippen LogP contribution in [0.3, 0.4) is 0 Å². The molecule has 1 saturated carbocycles. The number of halogens is 5. The average molecular weight is 503 g/mol. The summed E-state index contributed by atoms with van der Waals surface area (Å²) in [5.74, 6) is -4.75. The standard InChI is InChI=1S/C25H31F5N2O3/c26-24(27)11-7-17(8-12-24)19-10-15-31(16-19)14-9-18-4-1-2-5-20(18)32-13-3-6-21(22(32)33)35-23(34)25(28,29)30/h1-2,4-5,17,19,21H,3,6-16H2. The van der Waals surface area contributed by atoms with Gasteiger partial charge in [0, 0.05) is 38.2 Å². The van der Waals surface area contributed by atoms with Gasteiger partial charge >= 0.3 is 12.1 Å². The minimum Gasteiger partial charge on any atom is -0.446 e. The predicted octanol–water partition coefficient (Wildman–Crippen LogP) is 4.98. The molecule has 0 radical (unpaired) electrons. The van der Waals surface area contributed by atoms with Gasteiger partial charge in [0.2, 0.25) is 5.92 Å². The molecule has 2 unspecified atom stereocenters. The van der Waals surface area contributed by atoms with E-state index in [0.29, 0.717) is 49.8 Å². The largest absolute Gasteiger partial charge is 0.490 e. The summed E-state index contributed by atoms with van der Waals surface area (Å²) in [6.07, 6.45) is -3.38. The molecular formula is C25H31F5N2O3. The van der Waals surface area contributed by atoms with E-state index in [2.05, 4.69) is 9.64 Å². The van der Waals surface area contributed by atoms with Crippen LogP contribution in [0.5, 0.6) is 0 Å². The Kier molecular flexibility index (Phi) is 7.68. The zero-order valence-corrected chi connectivity index (χ0v) is 19.5. The first-order valence-electron chi connectivity index (χ1n) is 12.3. The van der Waals surface area contributed by atoms with E-state index in [1.165, 1.54) is 4.90 Å². The number of ether oxygens (including phenoxy) is 1. The maximum absolute atomic E-state index is 13.5. The van der Waals surface area contributed by atoms with Crippen LogP contribution in [0.4, 0.5) is 27.6 Å². The van der Waals surface area contributed by atoms with Crippen molar-refractivity contribution in [1.82, 2.24) is 4.90 Å². The van der Waals surface area contributed by atoms with E-state index in [4.69, 9.17) is 0 Å². The molecule has 0 bridgehead atoms. The van der Waals surface area contributed by atoms with Crippen molar-refractivity contribution in [3.8, 4) is 0 Å². The lowest BCUT2D eigenvalue weighted by Gasteiger charge is -2.33. The molecule has 1 aromatic rings. The van der Waals surface area contributed by atoms with Crippen molar-refractivity contribution in [2.75, 3.05) is 31.1 Å². The Morgan fingerprint density at radius 2 is 1.74 bits per heavy atom. The number of carbonyl (C=O) groups is 2. The van der Waals surface area contributed by atoms with Gasteiger partial charge in [0.1, 0.15) is 0 Å². The molecule has 35 heavy (non-hydrogen) atoms. The number of alkyl halides is 5. The fourth-order valence-corrected chi connectivity index (χ4v) is 5.64.